The van der Waals surface area contributed by atoms with Gasteiger partial charge in [-0.1, -0.05) is 72.2 Å². The number of benzene rings is 4. The summed E-state index contributed by atoms with van der Waals surface area (Å²) >= 11 is 0. The summed E-state index contributed by atoms with van der Waals surface area (Å²) in [6, 6.07) is 29.7. The van der Waals surface area contributed by atoms with E-state index < -0.39 is 0 Å². The number of anilines is 2. The second-order valence-corrected chi connectivity index (χ2v) is 8.23. The first-order chi connectivity index (χ1) is 17.2. The van der Waals surface area contributed by atoms with Crippen LogP contribution < -0.4 is 9.80 Å². The highest BCUT2D eigenvalue weighted by Gasteiger charge is 2.30. The summed E-state index contributed by atoms with van der Waals surface area (Å²) in [5.41, 5.74) is 5.09. The maximum absolute atomic E-state index is 13.9. The molecular weight excluding hydrogens is 432 g/mol. The summed E-state index contributed by atoms with van der Waals surface area (Å²) in [6.07, 6.45) is 0. The predicted octanol–water partition coefficient (Wildman–Crippen LogP) is 5.06. The van der Waals surface area contributed by atoms with Crippen LogP contribution in [-0.2, 0) is 0 Å². The van der Waals surface area contributed by atoms with E-state index in [1.807, 2.05) is 84.9 Å². The molecule has 0 aromatic heterocycles. The molecule has 0 unspecified atom stereocenters. The van der Waals surface area contributed by atoms with Crippen molar-refractivity contribution in [2.75, 3.05) is 16.5 Å². The zero-order valence-corrected chi connectivity index (χ0v) is 18.7. The minimum Gasteiger partial charge on any atom is -0.288 e. The summed E-state index contributed by atoms with van der Waals surface area (Å²) in [6.45, 7) is 0.0116. The Hall–Kier alpha value is -5.06. The molecule has 164 valence electrons. The van der Waals surface area contributed by atoms with Crippen molar-refractivity contribution in [3.8, 4) is 23.7 Å². The molecule has 0 saturated carbocycles. The standard InChI is InChI=1S/C31H18N2O2/c34-30-26-13-5-1-9-22(26)17-19-24-11-3-7-15-28(24)32(30)21-33-29-16-8-4-12-25(29)20-18-23-10-2-6-14-27(23)31(33)35/h1-16H,21H2. The first-order valence-corrected chi connectivity index (χ1v) is 11.2. The Labute approximate surface area is 203 Å². The number of nitrogens with zero attached hydrogens (tertiary/aromatic N) is 2. The van der Waals surface area contributed by atoms with E-state index in [-0.39, 0.29) is 18.5 Å². The van der Waals surface area contributed by atoms with E-state index in [1.165, 1.54) is 0 Å². The molecule has 2 aliphatic heterocycles. The van der Waals surface area contributed by atoms with E-state index in [9.17, 15) is 9.59 Å². The van der Waals surface area contributed by atoms with Gasteiger partial charge in [-0.05, 0) is 48.5 Å². The van der Waals surface area contributed by atoms with Gasteiger partial charge in [-0.25, -0.2) is 0 Å². The molecule has 2 amide bonds. The predicted molar refractivity (Wildman–Crippen MR) is 136 cm³/mol. The third-order valence-electron chi connectivity index (χ3n) is 6.14. The monoisotopic (exact) mass is 450 g/mol. The fraction of sp³-hybridized carbons (Fsp3) is 0.0323. The summed E-state index contributed by atoms with van der Waals surface area (Å²) in [5, 5.41) is 0. The molecule has 0 bridgehead atoms. The van der Waals surface area contributed by atoms with Crippen LogP contribution >= 0.6 is 0 Å². The smallest absolute Gasteiger partial charge is 0.261 e. The maximum atomic E-state index is 13.9. The second-order valence-electron chi connectivity index (χ2n) is 8.23. The number of para-hydroxylation sites is 2. The average Bonchev–Trinajstić information content (AvgIpc) is 2.90. The Kier molecular flexibility index (Phi) is 4.91. The molecule has 2 heterocycles. The van der Waals surface area contributed by atoms with Gasteiger partial charge in [0.1, 0.15) is 6.67 Å². The van der Waals surface area contributed by atoms with Gasteiger partial charge in [-0.2, -0.15) is 0 Å². The van der Waals surface area contributed by atoms with Crippen LogP contribution in [0.25, 0.3) is 0 Å². The van der Waals surface area contributed by atoms with Crippen LogP contribution in [0.1, 0.15) is 43.0 Å². The molecule has 0 atom stereocenters. The molecule has 0 N–H and O–H groups in total. The highest BCUT2D eigenvalue weighted by Crippen LogP contribution is 2.30. The van der Waals surface area contributed by atoms with Gasteiger partial charge in [0.05, 0.1) is 22.5 Å². The lowest BCUT2D eigenvalue weighted by molar-refractivity contribution is 0.0969. The number of carbonyl (C=O) groups is 2. The highest BCUT2D eigenvalue weighted by molar-refractivity contribution is 6.13. The molecule has 4 aromatic rings. The van der Waals surface area contributed by atoms with Crippen LogP contribution in [0.2, 0.25) is 0 Å². The maximum Gasteiger partial charge on any atom is 0.261 e. The summed E-state index contributed by atoms with van der Waals surface area (Å²) in [5.74, 6) is 12.3. The van der Waals surface area contributed by atoms with E-state index in [0.717, 1.165) is 11.1 Å². The lowest BCUT2D eigenvalue weighted by atomic mass is 10.0. The zero-order chi connectivity index (χ0) is 23.8. The molecule has 2 aliphatic rings. The molecule has 4 aromatic carbocycles. The van der Waals surface area contributed by atoms with Crippen LogP contribution in [0.3, 0.4) is 0 Å². The molecule has 0 radical (unpaired) electrons. The van der Waals surface area contributed by atoms with E-state index in [0.29, 0.717) is 33.6 Å². The molecule has 0 saturated heterocycles. The minimum atomic E-state index is -0.214. The first-order valence-electron chi connectivity index (χ1n) is 11.2. The molecule has 6 rings (SSSR count). The van der Waals surface area contributed by atoms with Crippen LogP contribution in [0.15, 0.2) is 97.1 Å². The summed E-state index contributed by atoms with van der Waals surface area (Å²) < 4.78 is 0. The molecule has 0 spiro atoms. The van der Waals surface area contributed by atoms with Crippen molar-refractivity contribution in [1.29, 1.82) is 0 Å². The summed E-state index contributed by atoms with van der Waals surface area (Å²) in [4.78, 5) is 31.1. The third-order valence-corrected chi connectivity index (χ3v) is 6.14. The van der Waals surface area contributed by atoms with E-state index in [1.54, 1.807) is 21.9 Å². The Balaban J connectivity index is 1.54. The van der Waals surface area contributed by atoms with Gasteiger partial charge in [0.15, 0.2) is 0 Å². The van der Waals surface area contributed by atoms with Crippen LogP contribution in [0, 0.1) is 23.7 Å². The van der Waals surface area contributed by atoms with E-state index in [2.05, 4.69) is 23.7 Å². The number of hydrogen-bond acceptors (Lipinski definition) is 2. The molecule has 0 aliphatic carbocycles. The van der Waals surface area contributed by atoms with Crippen molar-refractivity contribution in [3.05, 3.63) is 130 Å². The molecular formula is C31H18N2O2. The molecule has 4 heteroatoms. The van der Waals surface area contributed by atoms with E-state index in [4.69, 9.17) is 0 Å². The molecule has 0 fully saturated rings. The fourth-order valence-corrected chi connectivity index (χ4v) is 4.39. The number of rotatable bonds is 2. The van der Waals surface area contributed by atoms with Gasteiger partial charge in [0.2, 0.25) is 0 Å². The van der Waals surface area contributed by atoms with Gasteiger partial charge in [-0.3, -0.25) is 19.4 Å². The Morgan fingerprint density at radius 2 is 0.800 bits per heavy atom. The number of fused-ring (bicyclic) bond motifs is 4. The number of hydrogen-bond donors (Lipinski definition) is 0. The highest BCUT2D eigenvalue weighted by atomic mass is 16.2. The fourth-order valence-electron chi connectivity index (χ4n) is 4.39. The average molecular weight is 450 g/mol. The first kappa shape index (κ1) is 20.5. The van der Waals surface area contributed by atoms with Crippen LogP contribution in [0.5, 0.6) is 0 Å². The lowest BCUT2D eigenvalue weighted by Crippen LogP contribution is -2.46. The molecule has 35 heavy (non-hydrogen) atoms. The summed E-state index contributed by atoms with van der Waals surface area (Å²) in [7, 11) is 0. The minimum absolute atomic E-state index is 0.0116. The third kappa shape index (κ3) is 3.55. The van der Waals surface area contributed by atoms with Crippen LogP contribution in [-0.4, -0.2) is 18.5 Å². The number of carbonyl (C=O) groups excluding carboxylic acids is 2. The zero-order valence-electron chi connectivity index (χ0n) is 18.7. The Morgan fingerprint density at radius 1 is 0.457 bits per heavy atom. The SMILES string of the molecule is O=C1c2ccccc2C#Cc2ccccc2N1CN1C(=O)c2ccccc2C#Cc2ccccc21. The van der Waals surface area contributed by atoms with Crippen molar-refractivity contribution in [2.24, 2.45) is 0 Å². The van der Waals surface area contributed by atoms with Gasteiger partial charge >= 0.3 is 0 Å². The van der Waals surface area contributed by atoms with Crippen molar-refractivity contribution in [3.63, 3.8) is 0 Å². The molecule has 4 nitrogen and oxygen atoms in total. The normalized spacial score (nSPS) is 13.3. The number of amides is 2. The van der Waals surface area contributed by atoms with Crippen molar-refractivity contribution in [2.45, 2.75) is 0 Å². The van der Waals surface area contributed by atoms with Crippen molar-refractivity contribution >= 4 is 23.2 Å². The van der Waals surface area contributed by atoms with Crippen molar-refractivity contribution in [1.82, 2.24) is 0 Å². The lowest BCUT2D eigenvalue weighted by Gasteiger charge is -2.33. The second kappa shape index (κ2) is 8.37. The van der Waals surface area contributed by atoms with Gasteiger partial charge in [0, 0.05) is 22.3 Å². The largest absolute Gasteiger partial charge is 0.288 e. The Bertz CT molecular complexity index is 1520. The van der Waals surface area contributed by atoms with Gasteiger partial charge in [-0.15, -0.1) is 0 Å². The van der Waals surface area contributed by atoms with Crippen molar-refractivity contribution < 1.29 is 9.59 Å². The quantitative estimate of drug-likeness (QED) is 0.401. The Morgan fingerprint density at radius 3 is 1.26 bits per heavy atom. The van der Waals surface area contributed by atoms with Gasteiger partial charge in [0.25, 0.3) is 11.8 Å². The van der Waals surface area contributed by atoms with Crippen LogP contribution in [0.4, 0.5) is 11.4 Å². The van der Waals surface area contributed by atoms with Gasteiger partial charge < -0.3 is 0 Å². The topological polar surface area (TPSA) is 40.6 Å². The van der Waals surface area contributed by atoms with E-state index >= 15 is 0 Å².